The van der Waals surface area contributed by atoms with Crippen molar-refractivity contribution in [3.05, 3.63) is 0 Å². The summed E-state index contributed by atoms with van der Waals surface area (Å²) in [6, 6.07) is 0. The fourth-order valence-electron chi connectivity index (χ4n) is 2.75. The molecule has 0 radical (unpaired) electrons. The summed E-state index contributed by atoms with van der Waals surface area (Å²) in [6.45, 7) is 12.5. The maximum absolute atomic E-state index is 12.4. The minimum Gasteiger partial charge on any atom is -0.378 e. The number of rotatable bonds is 6. The van der Waals surface area contributed by atoms with E-state index >= 15 is 0 Å². The first kappa shape index (κ1) is 22.1. The minimum atomic E-state index is -0.937. The smallest absolute Gasteiger partial charge is 0.240 e. The Kier molecular flexibility index (Phi) is 7.53. The maximum Gasteiger partial charge on any atom is 0.240 e. The molecule has 0 bridgehead atoms. The largest absolute Gasteiger partial charge is 0.378 e. The van der Waals surface area contributed by atoms with Gasteiger partial charge in [-0.3, -0.25) is 9.59 Å². The van der Waals surface area contributed by atoms with Crippen LogP contribution < -0.4 is 16.4 Å². The third kappa shape index (κ3) is 5.06. The van der Waals surface area contributed by atoms with Gasteiger partial charge in [-0.05, 0) is 27.7 Å². The zero-order valence-electron chi connectivity index (χ0n) is 15.1. The van der Waals surface area contributed by atoms with Crippen LogP contribution in [0.3, 0.4) is 0 Å². The number of carbonyl (C=O) groups excluding carboxylic acids is 2. The molecule has 1 aliphatic rings. The first-order chi connectivity index (χ1) is 9.94. The SMILES string of the molecule is CCOC1CC(N)(C(=O)NCCC(=O)NC(C)(C)C)C1(C)C.Cl. The molecule has 136 valence electrons. The van der Waals surface area contributed by atoms with Crippen LogP contribution in [-0.4, -0.2) is 42.1 Å². The van der Waals surface area contributed by atoms with Gasteiger partial charge >= 0.3 is 0 Å². The highest BCUT2D eigenvalue weighted by Gasteiger charge is 2.62. The molecule has 0 aromatic heterocycles. The van der Waals surface area contributed by atoms with E-state index < -0.39 is 11.0 Å². The number of hydrogen-bond acceptors (Lipinski definition) is 4. The number of ether oxygens (including phenoxy) is 1. The van der Waals surface area contributed by atoms with Gasteiger partial charge in [0.05, 0.1) is 6.10 Å². The molecule has 0 spiro atoms. The minimum absolute atomic E-state index is 0. The molecule has 0 aliphatic heterocycles. The zero-order valence-corrected chi connectivity index (χ0v) is 15.9. The maximum atomic E-state index is 12.4. The lowest BCUT2D eigenvalue weighted by atomic mass is 9.54. The zero-order chi connectivity index (χ0) is 17.2. The Morgan fingerprint density at radius 3 is 2.30 bits per heavy atom. The molecule has 2 amide bonds. The van der Waals surface area contributed by atoms with Gasteiger partial charge in [0, 0.05) is 36.9 Å². The van der Waals surface area contributed by atoms with Crippen LogP contribution in [0.2, 0.25) is 0 Å². The predicted molar refractivity (Wildman–Crippen MR) is 93.5 cm³/mol. The van der Waals surface area contributed by atoms with Gasteiger partial charge in [0.15, 0.2) is 0 Å². The van der Waals surface area contributed by atoms with Crippen LogP contribution in [0.5, 0.6) is 0 Å². The topological polar surface area (TPSA) is 93.4 Å². The van der Waals surface area contributed by atoms with E-state index in [0.717, 1.165) is 0 Å². The molecule has 1 rings (SSSR count). The normalized spacial score (nSPS) is 25.8. The van der Waals surface area contributed by atoms with Gasteiger partial charge in [-0.25, -0.2) is 0 Å². The van der Waals surface area contributed by atoms with Crippen molar-refractivity contribution in [1.82, 2.24) is 10.6 Å². The van der Waals surface area contributed by atoms with E-state index in [1.54, 1.807) is 0 Å². The summed E-state index contributed by atoms with van der Waals surface area (Å²) in [5.74, 6) is -0.295. The van der Waals surface area contributed by atoms with Gasteiger partial charge in [-0.1, -0.05) is 13.8 Å². The fourth-order valence-corrected chi connectivity index (χ4v) is 2.75. The van der Waals surface area contributed by atoms with E-state index in [4.69, 9.17) is 10.5 Å². The Morgan fingerprint density at radius 2 is 1.87 bits per heavy atom. The molecule has 1 saturated carbocycles. The van der Waals surface area contributed by atoms with Crippen LogP contribution >= 0.6 is 12.4 Å². The van der Waals surface area contributed by atoms with Crippen molar-refractivity contribution in [3.63, 3.8) is 0 Å². The van der Waals surface area contributed by atoms with E-state index in [0.29, 0.717) is 13.0 Å². The van der Waals surface area contributed by atoms with Crippen molar-refractivity contribution in [3.8, 4) is 0 Å². The second-order valence-electron chi connectivity index (χ2n) is 7.65. The Bertz CT molecular complexity index is 435. The number of nitrogens with two attached hydrogens (primary N) is 1. The van der Waals surface area contributed by atoms with Crippen LogP contribution in [0.25, 0.3) is 0 Å². The molecule has 0 saturated heterocycles. The van der Waals surface area contributed by atoms with Gasteiger partial charge < -0.3 is 21.1 Å². The Morgan fingerprint density at radius 1 is 1.30 bits per heavy atom. The monoisotopic (exact) mass is 349 g/mol. The molecular weight excluding hydrogens is 318 g/mol. The van der Waals surface area contributed by atoms with Crippen LogP contribution in [0.1, 0.15) is 54.4 Å². The highest BCUT2D eigenvalue weighted by molar-refractivity contribution is 5.89. The van der Waals surface area contributed by atoms with E-state index in [1.807, 2.05) is 41.5 Å². The Labute approximate surface area is 145 Å². The van der Waals surface area contributed by atoms with Gasteiger partial charge in [0.25, 0.3) is 0 Å². The van der Waals surface area contributed by atoms with Crippen LogP contribution in [-0.2, 0) is 14.3 Å². The van der Waals surface area contributed by atoms with Gasteiger partial charge in [-0.2, -0.15) is 0 Å². The van der Waals surface area contributed by atoms with Crippen LogP contribution in [0.15, 0.2) is 0 Å². The summed E-state index contributed by atoms with van der Waals surface area (Å²) in [7, 11) is 0. The van der Waals surface area contributed by atoms with Crippen molar-refractivity contribution in [2.24, 2.45) is 11.1 Å². The quantitative estimate of drug-likeness (QED) is 0.675. The fraction of sp³-hybridized carbons (Fsp3) is 0.875. The second kappa shape index (κ2) is 7.81. The molecular formula is C16H32ClN3O3. The molecule has 1 fully saturated rings. The van der Waals surface area contributed by atoms with Gasteiger partial charge in [0.1, 0.15) is 5.54 Å². The molecule has 0 aromatic carbocycles. The van der Waals surface area contributed by atoms with Gasteiger partial charge in [-0.15, -0.1) is 12.4 Å². The lowest BCUT2D eigenvalue weighted by Crippen LogP contribution is -2.75. The summed E-state index contributed by atoms with van der Waals surface area (Å²) < 4.78 is 5.61. The third-order valence-corrected chi connectivity index (χ3v) is 4.39. The van der Waals surface area contributed by atoms with E-state index in [1.165, 1.54) is 0 Å². The molecule has 0 aromatic rings. The van der Waals surface area contributed by atoms with Crippen molar-refractivity contribution >= 4 is 24.2 Å². The molecule has 0 heterocycles. The van der Waals surface area contributed by atoms with E-state index in [9.17, 15) is 9.59 Å². The van der Waals surface area contributed by atoms with Crippen LogP contribution in [0.4, 0.5) is 0 Å². The molecule has 2 atom stereocenters. The molecule has 7 heteroatoms. The number of amides is 2. The van der Waals surface area contributed by atoms with Crippen molar-refractivity contribution in [2.75, 3.05) is 13.2 Å². The first-order valence-electron chi connectivity index (χ1n) is 7.94. The summed E-state index contributed by atoms with van der Waals surface area (Å²) in [5, 5.41) is 5.64. The highest BCUT2D eigenvalue weighted by Crippen LogP contribution is 2.49. The van der Waals surface area contributed by atoms with Crippen molar-refractivity contribution < 1.29 is 14.3 Å². The Balaban J connectivity index is 0.00000484. The van der Waals surface area contributed by atoms with Crippen molar-refractivity contribution in [1.29, 1.82) is 0 Å². The summed E-state index contributed by atoms with van der Waals surface area (Å²) in [4.78, 5) is 24.1. The standard InChI is InChI=1S/C16H31N3O3.ClH/c1-7-22-11-10-16(17,15(11,5)6)13(21)18-9-8-12(20)19-14(2,3)4;/h11H,7-10,17H2,1-6H3,(H,18,21)(H,19,20);1H. The third-order valence-electron chi connectivity index (χ3n) is 4.39. The van der Waals surface area contributed by atoms with Gasteiger partial charge in [0.2, 0.25) is 11.8 Å². The predicted octanol–water partition coefficient (Wildman–Crippen LogP) is 1.36. The van der Waals surface area contributed by atoms with E-state index in [-0.39, 0.29) is 48.8 Å². The number of carbonyl (C=O) groups is 2. The lowest BCUT2D eigenvalue weighted by Gasteiger charge is -2.57. The summed E-state index contributed by atoms with van der Waals surface area (Å²) in [6.07, 6.45) is 0.750. The average molecular weight is 350 g/mol. The number of halogens is 1. The highest BCUT2D eigenvalue weighted by atomic mass is 35.5. The lowest BCUT2D eigenvalue weighted by molar-refractivity contribution is -0.170. The molecule has 6 nitrogen and oxygen atoms in total. The number of hydrogen-bond donors (Lipinski definition) is 3. The second-order valence-corrected chi connectivity index (χ2v) is 7.65. The molecule has 23 heavy (non-hydrogen) atoms. The average Bonchev–Trinajstić information content (AvgIpc) is 2.35. The van der Waals surface area contributed by atoms with E-state index in [2.05, 4.69) is 10.6 Å². The summed E-state index contributed by atoms with van der Waals surface area (Å²) >= 11 is 0. The van der Waals surface area contributed by atoms with Crippen LogP contribution in [0, 0.1) is 5.41 Å². The first-order valence-corrected chi connectivity index (χ1v) is 7.94. The molecule has 1 aliphatic carbocycles. The molecule has 4 N–H and O–H groups in total. The molecule has 2 unspecified atom stereocenters. The van der Waals surface area contributed by atoms with Crippen molar-refractivity contribution in [2.45, 2.75) is 71.6 Å². The Hall–Kier alpha value is -0.850. The summed E-state index contributed by atoms with van der Waals surface area (Å²) in [5.41, 5.74) is 4.65. The number of nitrogens with one attached hydrogen (secondary N) is 2.